The number of imidazole rings is 1. The molecule has 3 heterocycles. The summed E-state index contributed by atoms with van der Waals surface area (Å²) in [5.41, 5.74) is 2.18. The first kappa shape index (κ1) is 11.8. The lowest BCUT2D eigenvalue weighted by Gasteiger charge is -2.31. The molecular weight excluding hydrogens is 254 g/mol. The van der Waals surface area contributed by atoms with E-state index >= 15 is 0 Å². The predicted octanol–water partition coefficient (Wildman–Crippen LogP) is 4.11. The second-order valence-corrected chi connectivity index (χ2v) is 6.94. The molecule has 1 atom stereocenters. The fourth-order valence-electron chi connectivity index (χ4n) is 3.12. The minimum absolute atomic E-state index is 0.587. The van der Waals surface area contributed by atoms with Crippen LogP contribution in [-0.2, 0) is 0 Å². The van der Waals surface area contributed by atoms with Crippen molar-refractivity contribution in [1.82, 2.24) is 14.5 Å². The van der Waals surface area contributed by atoms with E-state index in [1.807, 2.05) is 12.3 Å². The molecule has 1 aliphatic heterocycles. The van der Waals surface area contributed by atoms with Crippen LogP contribution in [-0.4, -0.2) is 20.3 Å². The first-order valence-corrected chi connectivity index (χ1v) is 8.43. The van der Waals surface area contributed by atoms with Crippen LogP contribution in [0.3, 0.4) is 0 Å². The summed E-state index contributed by atoms with van der Waals surface area (Å²) < 4.78 is 2.46. The van der Waals surface area contributed by atoms with Crippen molar-refractivity contribution in [3.05, 3.63) is 24.2 Å². The molecule has 2 fully saturated rings. The lowest BCUT2D eigenvalue weighted by atomic mass is 9.92. The largest absolute Gasteiger partial charge is 0.309 e. The van der Waals surface area contributed by atoms with Crippen LogP contribution in [0.1, 0.15) is 55.6 Å². The van der Waals surface area contributed by atoms with E-state index in [9.17, 15) is 0 Å². The molecule has 0 bridgehead atoms. The number of fused-ring (bicyclic) bond motifs is 1. The zero-order valence-corrected chi connectivity index (χ0v) is 11.9. The summed E-state index contributed by atoms with van der Waals surface area (Å²) in [7, 11) is 0. The second kappa shape index (κ2) is 4.82. The van der Waals surface area contributed by atoms with Gasteiger partial charge in [-0.1, -0.05) is 6.42 Å². The molecule has 3 nitrogen and oxygen atoms in total. The Morgan fingerprint density at radius 1 is 1.16 bits per heavy atom. The fraction of sp³-hybridized carbons (Fsp3) is 0.600. The summed E-state index contributed by atoms with van der Waals surface area (Å²) in [4.78, 5) is 9.51. The summed E-state index contributed by atoms with van der Waals surface area (Å²) in [5, 5.41) is 0.587. The molecular formula is C15H19N3S. The smallest absolute Gasteiger partial charge is 0.160 e. The molecule has 1 saturated carbocycles. The summed E-state index contributed by atoms with van der Waals surface area (Å²) in [6.07, 6.45) is 9.84. The fourth-order valence-corrected chi connectivity index (χ4v) is 4.43. The topological polar surface area (TPSA) is 30.7 Å². The molecule has 19 heavy (non-hydrogen) atoms. The van der Waals surface area contributed by atoms with Crippen LogP contribution in [0.15, 0.2) is 18.3 Å². The summed E-state index contributed by atoms with van der Waals surface area (Å²) in [6, 6.07) is 4.75. The van der Waals surface area contributed by atoms with Crippen LogP contribution in [0, 0.1) is 0 Å². The van der Waals surface area contributed by atoms with E-state index < -0.39 is 0 Å². The van der Waals surface area contributed by atoms with Gasteiger partial charge in [-0.3, -0.25) is 0 Å². The molecule has 0 N–H and O–H groups in total. The van der Waals surface area contributed by atoms with E-state index in [1.54, 1.807) is 0 Å². The predicted molar refractivity (Wildman–Crippen MR) is 79.5 cm³/mol. The van der Waals surface area contributed by atoms with Gasteiger partial charge in [0.1, 0.15) is 11.3 Å². The van der Waals surface area contributed by atoms with Gasteiger partial charge in [0, 0.05) is 12.2 Å². The normalized spacial score (nSPS) is 24.5. The van der Waals surface area contributed by atoms with Crippen molar-refractivity contribution in [1.29, 1.82) is 0 Å². The minimum Gasteiger partial charge on any atom is -0.309 e. The van der Waals surface area contributed by atoms with E-state index in [1.165, 1.54) is 50.1 Å². The maximum atomic E-state index is 4.92. The van der Waals surface area contributed by atoms with Gasteiger partial charge in [0.05, 0.1) is 5.25 Å². The zero-order valence-electron chi connectivity index (χ0n) is 11.1. The van der Waals surface area contributed by atoms with Gasteiger partial charge in [0.2, 0.25) is 0 Å². The van der Waals surface area contributed by atoms with Crippen molar-refractivity contribution in [2.45, 2.75) is 49.8 Å². The summed E-state index contributed by atoms with van der Waals surface area (Å²) in [5.74, 6) is 2.58. The Labute approximate surface area is 117 Å². The Morgan fingerprint density at radius 3 is 2.84 bits per heavy atom. The summed E-state index contributed by atoms with van der Waals surface area (Å²) >= 11 is 2.09. The highest BCUT2D eigenvalue weighted by molar-refractivity contribution is 7.99. The average Bonchev–Trinajstić information content (AvgIpc) is 2.78. The highest BCUT2D eigenvalue weighted by atomic mass is 32.2. The first-order chi connectivity index (χ1) is 9.43. The number of nitrogens with zero attached hydrogens (tertiary/aromatic N) is 3. The zero-order chi connectivity index (χ0) is 12.7. The minimum atomic E-state index is 0.587. The van der Waals surface area contributed by atoms with Crippen LogP contribution in [0.2, 0.25) is 0 Å². The van der Waals surface area contributed by atoms with Gasteiger partial charge in [-0.2, -0.15) is 11.8 Å². The standard InChI is InChI=1S/C15H19N3S/c1-2-10-19-13(8-1)15-17-12-7-4-9-16-14(12)18(15)11-5-3-6-11/h4,7,9,11,13H,1-3,5-6,8,10H2. The van der Waals surface area contributed by atoms with E-state index in [-0.39, 0.29) is 0 Å². The molecule has 4 heteroatoms. The monoisotopic (exact) mass is 273 g/mol. The van der Waals surface area contributed by atoms with Crippen molar-refractivity contribution in [3.8, 4) is 0 Å². The lowest BCUT2D eigenvalue weighted by Crippen LogP contribution is -2.21. The molecule has 0 amide bonds. The van der Waals surface area contributed by atoms with E-state index in [0.29, 0.717) is 11.3 Å². The first-order valence-electron chi connectivity index (χ1n) is 7.38. The molecule has 2 aromatic rings. The van der Waals surface area contributed by atoms with Gasteiger partial charge in [0.15, 0.2) is 5.65 Å². The molecule has 100 valence electrons. The Kier molecular flexibility index (Phi) is 2.98. The molecule has 0 aromatic carbocycles. The van der Waals surface area contributed by atoms with Crippen molar-refractivity contribution in [2.75, 3.05) is 5.75 Å². The Morgan fingerprint density at radius 2 is 2.11 bits per heavy atom. The second-order valence-electron chi connectivity index (χ2n) is 5.63. The van der Waals surface area contributed by atoms with Gasteiger partial charge < -0.3 is 4.57 Å². The van der Waals surface area contributed by atoms with Crippen LogP contribution >= 0.6 is 11.8 Å². The van der Waals surface area contributed by atoms with Gasteiger partial charge in [-0.25, -0.2) is 9.97 Å². The Balaban J connectivity index is 1.83. The molecule has 0 spiro atoms. The van der Waals surface area contributed by atoms with Crippen LogP contribution in [0.25, 0.3) is 11.2 Å². The Bertz CT molecular complexity index is 582. The number of hydrogen-bond acceptors (Lipinski definition) is 3. The SMILES string of the molecule is c1cnc2c(c1)nc(C1CCCCS1)n2C1CCC1. The number of pyridine rings is 1. The van der Waals surface area contributed by atoms with Gasteiger partial charge in [-0.05, 0) is 50.0 Å². The quantitative estimate of drug-likeness (QED) is 0.825. The third-order valence-electron chi connectivity index (χ3n) is 4.38. The molecule has 1 aliphatic carbocycles. The maximum Gasteiger partial charge on any atom is 0.160 e. The van der Waals surface area contributed by atoms with E-state index in [0.717, 1.165) is 11.2 Å². The third-order valence-corrected chi connectivity index (χ3v) is 5.76. The molecule has 4 rings (SSSR count). The van der Waals surface area contributed by atoms with Crippen molar-refractivity contribution in [2.24, 2.45) is 0 Å². The van der Waals surface area contributed by atoms with Crippen molar-refractivity contribution in [3.63, 3.8) is 0 Å². The van der Waals surface area contributed by atoms with Gasteiger partial charge in [-0.15, -0.1) is 0 Å². The molecule has 2 aliphatic rings. The Hall–Kier alpha value is -1.03. The van der Waals surface area contributed by atoms with Gasteiger partial charge in [0.25, 0.3) is 0 Å². The number of aromatic nitrogens is 3. The highest BCUT2D eigenvalue weighted by Crippen LogP contribution is 2.42. The molecule has 1 unspecified atom stereocenters. The lowest BCUT2D eigenvalue weighted by molar-refractivity contribution is 0.310. The number of thioether (sulfide) groups is 1. The summed E-state index contributed by atoms with van der Waals surface area (Å²) in [6.45, 7) is 0. The number of rotatable bonds is 2. The van der Waals surface area contributed by atoms with Crippen molar-refractivity contribution < 1.29 is 0 Å². The highest BCUT2D eigenvalue weighted by Gasteiger charge is 2.29. The van der Waals surface area contributed by atoms with Gasteiger partial charge >= 0.3 is 0 Å². The third kappa shape index (κ3) is 1.97. The molecule has 2 aromatic heterocycles. The van der Waals surface area contributed by atoms with Crippen molar-refractivity contribution >= 4 is 22.9 Å². The van der Waals surface area contributed by atoms with E-state index in [2.05, 4.69) is 27.4 Å². The van der Waals surface area contributed by atoms with Crippen LogP contribution < -0.4 is 0 Å². The average molecular weight is 273 g/mol. The molecule has 1 saturated heterocycles. The number of hydrogen-bond donors (Lipinski definition) is 0. The molecule has 0 radical (unpaired) electrons. The van der Waals surface area contributed by atoms with Crippen LogP contribution in [0.5, 0.6) is 0 Å². The van der Waals surface area contributed by atoms with E-state index in [4.69, 9.17) is 4.98 Å². The maximum absolute atomic E-state index is 4.92. The van der Waals surface area contributed by atoms with Crippen LogP contribution in [0.4, 0.5) is 0 Å².